The van der Waals surface area contributed by atoms with Gasteiger partial charge in [-0.15, -0.1) is 0 Å². The number of esters is 1. The van der Waals surface area contributed by atoms with Crippen LogP contribution in [0, 0.1) is 12.8 Å². The molecule has 202 valence electrons. The molecule has 0 aromatic heterocycles. The number of β-amino-alcohol motifs (C(OH)–C–C–N with tert-alkyl or cyclic N) is 1. The molecule has 0 amide bonds. The molecule has 2 aromatic carbocycles. The van der Waals surface area contributed by atoms with Gasteiger partial charge in [0.1, 0.15) is 0 Å². The van der Waals surface area contributed by atoms with Crippen LogP contribution in [0.3, 0.4) is 0 Å². The van der Waals surface area contributed by atoms with Crippen LogP contribution in [0.2, 0.25) is 0 Å². The molecular weight excluding hydrogens is 462 g/mol. The number of rotatable bonds is 14. The molecule has 1 aliphatic carbocycles. The van der Waals surface area contributed by atoms with Crippen LogP contribution in [0.25, 0.3) is 6.08 Å². The van der Waals surface area contributed by atoms with Gasteiger partial charge in [0.25, 0.3) is 0 Å². The number of fused-ring (bicyclic) bond motifs is 1. The van der Waals surface area contributed by atoms with Gasteiger partial charge in [-0.1, -0.05) is 60.2 Å². The average Bonchev–Trinajstić information content (AvgIpc) is 3.26. The van der Waals surface area contributed by atoms with Crippen molar-refractivity contribution in [3.63, 3.8) is 0 Å². The van der Waals surface area contributed by atoms with E-state index in [0.717, 1.165) is 36.0 Å². The van der Waals surface area contributed by atoms with Gasteiger partial charge < -0.3 is 19.9 Å². The number of carbonyl (C=O) groups is 1. The van der Waals surface area contributed by atoms with Gasteiger partial charge in [-0.05, 0) is 88.5 Å². The predicted molar refractivity (Wildman–Crippen MR) is 150 cm³/mol. The van der Waals surface area contributed by atoms with Crippen LogP contribution in [-0.4, -0.2) is 42.5 Å². The van der Waals surface area contributed by atoms with Crippen LogP contribution in [0.1, 0.15) is 80.9 Å². The highest BCUT2D eigenvalue weighted by Gasteiger charge is 2.28. The standard InChI is InChI=1S/C32H45NO4/c1-6-36-31(35)14-10-9-11-26-16-15-23(2)17-30(26)24(3)37-22-29(34)21-33-32(4,5)20-25-18-27-12-7-8-13-28(27)19-25/h7-9,11-13,15-17,24-25,29,33-34H,6,10,14,18-22H2,1-5H3/b11-9+. The van der Waals surface area contributed by atoms with Crippen LogP contribution in [-0.2, 0) is 27.1 Å². The molecule has 0 saturated carbocycles. The first-order valence-corrected chi connectivity index (χ1v) is 13.7. The Bertz CT molecular complexity index is 1020. The first-order valence-electron chi connectivity index (χ1n) is 13.7. The van der Waals surface area contributed by atoms with Gasteiger partial charge in [0.15, 0.2) is 0 Å². The van der Waals surface area contributed by atoms with Crippen molar-refractivity contribution in [2.45, 2.75) is 84.5 Å². The van der Waals surface area contributed by atoms with Gasteiger partial charge >= 0.3 is 5.97 Å². The molecule has 0 bridgehead atoms. The number of ether oxygens (including phenoxy) is 2. The Labute approximate surface area is 223 Å². The van der Waals surface area contributed by atoms with E-state index in [2.05, 4.69) is 68.6 Å². The summed E-state index contributed by atoms with van der Waals surface area (Å²) in [6.07, 6.45) is 7.65. The summed E-state index contributed by atoms with van der Waals surface area (Å²) >= 11 is 0. The Hall–Kier alpha value is -2.47. The molecule has 2 atom stereocenters. The predicted octanol–water partition coefficient (Wildman–Crippen LogP) is 5.96. The van der Waals surface area contributed by atoms with Crippen molar-refractivity contribution in [2.24, 2.45) is 5.92 Å². The van der Waals surface area contributed by atoms with E-state index in [1.54, 1.807) is 0 Å². The van der Waals surface area contributed by atoms with Crippen LogP contribution >= 0.6 is 0 Å². The van der Waals surface area contributed by atoms with E-state index in [1.807, 2.05) is 26.0 Å². The maximum absolute atomic E-state index is 11.6. The number of aryl methyl sites for hydroxylation is 1. The minimum Gasteiger partial charge on any atom is -0.466 e. The fourth-order valence-corrected chi connectivity index (χ4v) is 5.23. The summed E-state index contributed by atoms with van der Waals surface area (Å²) in [6.45, 7) is 11.5. The van der Waals surface area contributed by atoms with E-state index in [-0.39, 0.29) is 24.2 Å². The fourth-order valence-electron chi connectivity index (χ4n) is 5.23. The maximum Gasteiger partial charge on any atom is 0.306 e. The van der Waals surface area contributed by atoms with E-state index in [4.69, 9.17) is 9.47 Å². The lowest BCUT2D eigenvalue weighted by molar-refractivity contribution is -0.142. The SMILES string of the molecule is CCOC(=O)CC/C=C/c1ccc(C)cc1C(C)OCC(O)CNC(C)(C)CC1Cc2ccccc2C1. The third-order valence-corrected chi connectivity index (χ3v) is 7.09. The second kappa shape index (κ2) is 13.9. The number of aliphatic hydroxyl groups excluding tert-OH is 1. The molecule has 0 saturated heterocycles. The van der Waals surface area contributed by atoms with E-state index in [1.165, 1.54) is 11.1 Å². The minimum absolute atomic E-state index is 0.0582. The Morgan fingerprint density at radius 3 is 2.57 bits per heavy atom. The molecular formula is C32H45NO4. The molecule has 2 unspecified atom stereocenters. The molecule has 3 rings (SSSR count). The lowest BCUT2D eigenvalue weighted by Gasteiger charge is -2.31. The molecule has 0 aliphatic heterocycles. The largest absolute Gasteiger partial charge is 0.466 e. The molecule has 37 heavy (non-hydrogen) atoms. The third kappa shape index (κ3) is 9.41. The van der Waals surface area contributed by atoms with Gasteiger partial charge in [-0.2, -0.15) is 0 Å². The number of allylic oxidation sites excluding steroid dienone is 1. The van der Waals surface area contributed by atoms with Crippen molar-refractivity contribution in [1.29, 1.82) is 0 Å². The van der Waals surface area contributed by atoms with Crippen LogP contribution in [0.5, 0.6) is 0 Å². The van der Waals surface area contributed by atoms with Crippen LogP contribution in [0.4, 0.5) is 0 Å². The number of hydrogen-bond donors (Lipinski definition) is 2. The highest BCUT2D eigenvalue weighted by Crippen LogP contribution is 2.32. The molecule has 2 N–H and O–H groups in total. The Morgan fingerprint density at radius 1 is 1.19 bits per heavy atom. The van der Waals surface area contributed by atoms with Crippen molar-refractivity contribution < 1.29 is 19.4 Å². The van der Waals surface area contributed by atoms with Gasteiger partial charge in [0.05, 0.1) is 25.4 Å². The van der Waals surface area contributed by atoms with Crippen molar-refractivity contribution in [2.75, 3.05) is 19.8 Å². The summed E-state index contributed by atoms with van der Waals surface area (Å²) in [4.78, 5) is 11.6. The molecule has 0 spiro atoms. The first kappa shape index (κ1) is 29.1. The summed E-state index contributed by atoms with van der Waals surface area (Å²) < 4.78 is 11.1. The number of nitrogens with one attached hydrogen (secondary N) is 1. The molecule has 1 aliphatic rings. The zero-order valence-electron chi connectivity index (χ0n) is 23.3. The second-order valence-corrected chi connectivity index (χ2v) is 11.0. The highest BCUT2D eigenvalue weighted by atomic mass is 16.5. The third-order valence-electron chi connectivity index (χ3n) is 7.09. The minimum atomic E-state index is -0.587. The number of carbonyl (C=O) groups excluding carboxylic acids is 1. The van der Waals surface area contributed by atoms with Crippen LogP contribution in [0.15, 0.2) is 48.5 Å². The monoisotopic (exact) mass is 507 g/mol. The molecule has 5 nitrogen and oxygen atoms in total. The molecule has 2 aromatic rings. The van der Waals surface area contributed by atoms with E-state index in [0.29, 0.717) is 31.9 Å². The van der Waals surface area contributed by atoms with Crippen LogP contribution < -0.4 is 5.32 Å². The van der Waals surface area contributed by atoms with E-state index in [9.17, 15) is 9.90 Å². The lowest BCUT2D eigenvalue weighted by Crippen LogP contribution is -2.45. The smallest absolute Gasteiger partial charge is 0.306 e. The van der Waals surface area contributed by atoms with Gasteiger partial charge in [0.2, 0.25) is 0 Å². The number of hydrogen-bond acceptors (Lipinski definition) is 5. The van der Waals surface area contributed by atoms with E-state index >= 15 is 0 Å². The lowest BCUT2D eigenvalue weighted by atomic mass is 9.88. The number of aliphatic hydroxyl groups is 1. The molecule has 5 heteroatoms. The topological polar surface area (TPSA) is 67.8 Å². The molecule has 0 radical (unpaired) electrons. The Balaban J connectivity index is 1.45. The van der Waals surface area contributed by atoms with E-state index < -0.39 is 6.10 Å². The summed E-state index contributed by atoms with van der Waals surface area (Å²) in [6, 6.07) is 15.0. The zero-order chi connectivity index (χ0) is 26.8. The molecule has 0 fully saturated rings. The summed E-state index contributed by atoms with van der Waals surface area (Å²) in [5, 5.41) is 14.2. The van der Waals surface area contributed by atoms with Crippen molar-refractivity contribution in [3.8, 4) is 0 Å². The Kier molecular flexibility index (Phi) is 10.9. The van der Waals surface area contributed by atoms with Crippen molar-refractivity contribution >= 4 is 12.0 Å². The summed E-state index contributed by atoms with van der Waals surface area (Å²) in [7, 11) is 0. The van der Waals surface area contributed by atoms with Crippen molar-refractivity contribution in [1.82, 2.24) is 5.32 Å². The van der Waals surface area contributed by atoms with Gasteiger partial charge in [-0.25, -0.2) is 0 Å². The Morgan fingerprint density at radius 2 is 1.89 bits per heavy atom. The quantitative estimate of drug-likeness (QED) is 0.309. The highest BCUT2D eigenvalue weighted by molar-refractivity contribution is 5.69. The normalized spacial score (nSPS) is 15.6. The first-order chi connectivity index (χ1) is 17.7. The maximum atomic E-state index is 11.6. The second-order valence-electron chi connectivity index (χ2n) is 11.0. The summed E-state index contributed by atoms with van der Waals surface area (Å²) in [5.41, 5.74) is 6.21. The van der Waals surface area contributed by atoms with Gasteiger partial charge in [-0.3, -0.25) is 4.79 Å². The molecule has 0 heterocycles. The number of benzene rings is 2. The average molecular weight is 508 g/mol. The fraction of sp³-hybridized carbons (Fsp3) is 0.531. The zero-order valence-corrected chi connectivity index (χ0v) is 23.3. The van der Waals surface area contributed by atoms with Gasteiger partial charge in [0, 0.05) is 18.5 Å². The summed E-state index contributed by atoms with van der Waals surface area (Å²) in [5.74, 6) is 0.463. The van der Waals surface area contributed by atoms with Crippen molar-refractivity contribution in [3.05, 3.63) is 76.4 Å².